The van der Waals surface area contributed by atoms with E-state index in [9.17, 15) is 0 Å². The fourth-order valence-electron chi connectivity index (χ4n) is 2.61. The zero-order valence-electron chi connectivity index (χ0n) is 10.9. The van der Waals surface area contributed by atoms with Gasteiger partial charge in [-0.1, -0.05) is 18.5 Å². The van der Waals surface area contributed by atoms with Gasteiger partial charge in [0, 0.05) is 29.8 Å². The second-order valence-electron chi connectivity index (χ2n) is 5.22. The summed E-state index contributed by atoms with van der Waals surface area (Å²) in [4.78, 5) is 4.80. The standard InChI is InChI=1S/C14H21ClN2/c1-11-8-9-17(10-14(11)16(2)3)13-6-4-12(15)5-7-13/h4-7,11,14H,8-10H2,1-3H3. The van der Waals surface area contributed by atoms with Crippen LogP contribution < -0.4 is 4.90 Å². The summed E-state index contributed by atoms with van der Waals surface area (Å²) in [5.41, 5.74) is 1.29. The van der Waals surface area contributed by atoms with Gasteiger partial charge in [0.25, 0.3) is 0 Å². The molecule has 0 radical (unpaired) electrons. The Hall–Kier alpha value is -0.730. The number of hydrogen-bond donors (Lipinski definition) is 0. The summed E-state index contributed by atoms with van der Waals surface area (Å²) >= 11 is 5.93. The number of likely N-dealkylation sites (N-methyl/N-ethyl adjacent to an activating group) is 1. The molecule has 2 nitrogen and oxygen atoms in total. The SMILES string of the molecule is CC1CCN(c2ccc(Cl)cc2)CC1N(C)C. The molecule has 94 valence electrons. The Morgan fingerprint density at radius 1 is 1.24 bits per heavy atom. The van der Waals surface area contributed by atoms with Crippen LogP contribution >= 0.6 is 11.6 Å². The second-order valence-corrected chi connectivity index (χ2v) is 5.66. The molecule has 2 rings (SSSR count). The zero-order chi connectivity index (χ0) is 12.4. The van der Waals surface area contributed by atoms with Crippen molar-refractivity contribution in [1.29, 1.82) is 0 Å². The average molecular weight is 253 g/mol. The van der Waals surface area contributed by atoms with Gasteiger partial charge in [-0.25, -0.2) is 0 Å². The first kappa shape index (κ1) is 12.7. The number of hydrogen-bond acceptors (Lipinski definition) is 2. The molecule has 0 aromatic heterocycles. The van der Waals surface area contributed by atoms with Crippen LogP contribution in [0.4, 0.5) is 5.69 Å². The van der Waals surface area contributed by atoms with Gasteiger partial charge < -0.3 is 9.80 Å². The van der Waals surface area contributed by atoms with Crippen LogP contribution in [-0.4, -0.2) is 38.1 Å². The van der Waals surface area contributed by atoms with Gasteiger partial charge in [0.2, 0.25) is 0 Å². The Morgan fingerprint density at radius 3 is 2.47 bits per heavy atom. The molecule has 1 aliphatic rings. The summed E-state index contributed by atoms with van der Waals surface area (Å²) in [6.07, 6.45) is 1.26. The summed E-state index contributed by atoms with van der Waals surface area (Å²) in [6.45, 7) is 4.60. The third-order valence-electron chi connectivity index (χ3n) is 3.77. The van der Waals surface area contributed by atoms with Gasteiger partial charge in [-0.2, -0.15) is 0 Å². The fourth-order valence-corrected chi connectivity index (χ4v) is 2.73. The van der Waals surface area contributed by atoms with Crippen molar-refractivity contribution in [2.24, 2.45) is 5.92 Å². The van der Waals surface area contributed by atoms with E-state index >= 15 is 0 Å². The lowest BCUT2D eigenvalue weighted by Crippen LogP contribution is -2.49. The average Bonchev–Trinajstić information content (AvgIpc) is 2.30. The van der Waals surface area contributed by atoms with E-state index in [0.29, 0.717) is 6.04 Å². The molecule has 0 bridgehead atoms. The highest BCUT2D eigenvalue weighted by Gasteiger charge is 2.27. The molecular formula is C14H21ClN2. The third kappa shape index (κ3) is 2.93. The lowest BCUT2D eigenvalue weighted by atomic mass is 9.92. The van der Waals surface area contributed by atoms with Gasteiger partial charge in [0.05, 0.1) is 0 Å². The van der Waals surface area contributed by atoms with E-state index in [1.165, 1.54) is 12.1 Å². The summed E-state index contributed by atoms with van der Waals surface area (Å²) in [6, 6.07) is 8.81. The molecule has 1 aromatic carbocycles. The lowest BCUT2D eigenvalue weighted by Gasteiger charge is -2.41. The van der Waals surface area contributed by atoms with Crippen LogP contribution in [0.1, 0.15) is 13.3 Å². The van der Waals surface area contributed by atoms with Crippen LogP contribution in [0.5, 0.6) is 0 Å². The Balaban J connectivity index is 2.10. The molecule has 17 heavy (non-hydrogen) atoms. The van der Waals surface area contributed by atoms with E-state index in [0.717, 1.165) is 24.0 Å². The molecule has 1 aromatic rings. The van der Waals surface area contributed by atoms with Gasteiger partial charge in [0.1, 0.15) is 0 Å². The van der Waals surface area contributed by atoms with E-state index in [1.54, 1.807) is 0 Å². The van der Waals surface area contributed by atoms with Crippen LogP contribution in [0.25, 0.3) is 0 Å². The van der Waals surface area contributed by atoms with E-state index in [1.807, 2.05) is 12.1 Å². The van der Waals surface area contributed by atoms with Crippen LogP contribution in [0.3, 0.4) is 0 Å². The zero-order valence-corrected chi connectivity index (χ0v) is 11.6. The van der Waals surface area contributed by atoms with Crippen molar-refractivity contribution >= 4 is 17.3 Å². The molecule has 0 aliphatic carbocycles. The molecule has 1 aliphatic heterocycles. The minimum absolute atomic E-state index is 0.638. The lowest BCUT2D eigenvalue weighted by molar-refractivity contribution is 0.195. The maximum atomic E-state index is 5.93. The van der Waals surface area contributed by atoms with Gasteiger partial charge in [0.15, 0.2) is 0 Å². The highest BCUT2D eigenvalue weighted by atomic mass is 35.5. The second kappa shape index (κ2) is 5.28. The largest absolute Gasteiger partial charge is 0.370 e. The molecule has 2 atom stereocenters. The highest BCUT2D eigenvalue weighted by molar-refractivity contribution is 6.30. The van der Waals surface area contributed by atoms with Crippen molar-refractivity contribution < 1.29 is 0 Å². The first-order valence-corrected chi connectivity index (χ1v) is 6.62. The Bertz CT molecular complexity index is 361. The molecule has 2 unspecified atom stereocenters. The Morgan fingerprint density at radius 2 is 1.88 bits per heavy atom. The maximum Gasteiger partial charge on any atom is 0.0407 e. The summed E-state index contributed by atoms with van der Waals surface area (Å²) in [7, 11) is 4.35. The van der Waals surface area contributed by atoms with Crippen molar-refractivity contribution in [1.82, 2.24) is 4.90 Å². The van der Waals surface area contributed by atoms with Crippen molar-refractivity contribution in [2.45, 2.75) is 19.4 Å². The van der Waals surface area contributed by atoms with Crippen molar-refractivity contribution in [3.63, 3.8) is 0 Å². The normalized spacial score (nSPS) is 25.4. The van der Waals surface area contributed by atoms with Gasteiger partial charge in [-0.15, -0.1) is 0 Å². The molecule has 0 spiro atoms. The van der Waals surface area contributed by atoms with Crippen molar-refractivity contribution in [3.8, 4) is 0 Å². The van der Waals surface area contributed by atoms with Crippen LogP contribution in [0.15, 0.2) is 24.3 Å². The van der Waals surface area contributed by atoms with Gasteiger partial charge in [-0.05, 0) is 50.7 Å². The number of halogens is 1. The fraction of sp³-hybridized carbons (Fsp3) is 0.571. The number of rotatable bonds is 2. The maximum absolute atomic E-state index is 5.93. The Kier molecular flexibility index (Phi) is 3.95. The Labute approximate surface area is 109 Å². The predicted molar refractivity (Wildman–Crippen MR) is 74.9 cm³/mol. The smallest absolute Gasteiger partial charge is 0.0407 e. The third-order valence-corrected chi connectivity index (χ3v) is 4.03. The van der Waals surface area contributed by atoms with Crippen molar-refractivity contribution in [2.75, 3.05) is 32.1 Å². The number of anilines is 1. The molecular weight excluding hydrogens is 232 g/mol. The number of nitrogens with zero attached hydrogens (tertiary/aromatic N) is 2. The number of piperidine rings is 1. The molecule has 3 heteroatoms. The van der Waals surface area contributed by atoms with E-state index in [2.05, 4.69) is 43.0 Å². The minimum Gasteiger partial charge on any atom is -0.370 e. The highest BCUT2D eigenvalue weighted by Crippen LogP contribution is 2.26. The van der Waals surface area contributed by atoms with E-state index in [4.69, 9.17) is 11.6 Å². The van der Waals surface area contributed by atoms with Crippen molar-refractivity contribution in [3.05, 3.63) is 29.3 Å². The van der Waals surface area contributed by atoms with E-state index < -0.39 is 0 Å². The summed E-state index contributed by atoms with van der Waals surface area (Å²) in [5, 5.41) is 0.809. The van der Waals surface area contributed by atoms with Crippen LogP contribution in [0.2, 0.25) is 5.02 Å². The molecule has 0 saturated carbocycles. The molecule has 0 amide bonds. The first-order valence-electron chi connectivity index (χ1n) is 6.25. The monoisotopic (exact) mass is 252 g/mol. The van der Waals surface area contributed by atoms with Gasteiger partial charge in [-0.3, -0.25) is 0 Å². The van der Waals surface area contributed by atoms with Crippen LogP contribution in [-0.2, 0) is 0 Å². The molecule has 1 heterocycles. The molecule has 0 N–H and O–H groups in total. The molecule has 1 saturated heterocycles. The first-order chi connectivity index (χ1) is 8.08. The van der Waals surface area contributed by atoms with E-state index in [-0.39, 0.29) is 0 Å². The summed E-state index contributed by atoms with van der Waals surface area (Å²) < 4.78 is 0. The summed E-state index contributed by atoms with van der Waals surface area (Å²) in [5.74, 6) is 0.772. The minimum atomic E-state index is 0.638. The quantitative estimate of drug-likeness (QED) is 0.798. The molecule has 1 fully saturated rings. The van der Waals surface area contributed by atoms with Gasteiger partial charge >= 0.3 is 0 Å². The topological polar surface area (TPSA) is 6.48 Å². The number of benzene rings is 1. The van der Waals surface area contributed by atoms with Crippen LogP contribution in [0, 0.1) is 5.92 Å². The predicted octanol–water partition coefficient (Wildman–Crippen LogP) is 3.12.